The molecule has 0 aliphatic carbocycles. The van der Waals surface area contributed by atoms with Gasteiger partial charge in [0, 0.05) is 30.8 Å². The average Bonchev–Trinajstić information content (AvgIpc) is 3.29. The predicted molar refractivity (Wildman–Crippen MR) is 90.5 cm³/mol. The monoisotopic (exact) mass is 341 g/mol. The minimum atomic E-state index is -0.941. The number of nitrogens with one attached hydrogen (secondary N) is 2. The number of fused-ring (bicyclic) bond motifs is 3. The summed E-state index contributed by atoms with van der Waals surface area (Å²) >= 11 is 0. The molecular weight excluding hydrogens is 322 g/mol. The van der Waals surface area contributed by atoms with Crippen molar-refractivity contribution >= 4 is 17.7 Å². The van der Waals surface area contributed by atoms with E-state index in [-0.39, 0.29) is 23.9 Å². The summed E-state index contributed by atoms with van der Waals surface area (Å²) in [6.45, 7) is 0.465. The normalized spacial score (nSPS) is 24.2. The summed E-state index contributed by atoms with van der Waals surface area (Å²) in [6, 6.07) is 8.71. The Labute approximate surface area is 144 Å². The highest BCUT2D eigenvalue weighted by Gasteiger charge is 2.47. The van der Waals surface area contributed by atoms with E-state index >= 15 is 0 Å². The number of carboxylic acid groups (broad SMARTS) is 1. The first-order valence-corrected chi connectivity index (χ1v) is 8.25. The molecule has 2 aromatic rings. The smallest absolute Gasteiger partial charge is 0.407 e. The van der Waals surface area contributed by atoms with Crippen LogP contribution in [0.2, 0.25) is 0 Å². The van der Waals surface area contributed by atoms with Gasteiger partial charge in [0.25, 0.3) is 5.91 Å². The van der Waals surface area contributed by atoms with Crippen molar-refractivity contribution in [3.63, 3.8) is 0 Å². The fourth-order valence-corrected chi connectivity index (χ4v) is 4.03. The van der Waals surface area contributed by atoms with Crippen molar-refractivity contribution < 1.29 is 19.1 Å². The van der Waals surface area contributed by atoms with Gasteiger partial charge in [0.1, 0.15) is 5.76 Å². The van der Waals surface area contributed by atoms with Gasteiger partial charge in [-0.05, 0) is 42.3 Å². The lowest BCUT2D eigenvalue weighted by Gasteiger charge is -2.38. The van der Waals surface area contributed by atoms with Crippen LogP contribution in [0.5, 0.6) is 0 Å². The Morgan fingerprint density at radius 1 is 1.36 bits per heavy atom. The van der Waals surface area contributed by atoms with Gasteiger partial charge in [0.05, 0.1) is 18.3 Å². The quantitative estimate of drug-likeness (QED) is 0.781. The van der Waals surface area contributed by atoms with Crippen LogP contribution in [0.3, 0.4) is 0 Å². The van der Waals surface area contributed by atoms with E-state index in [1.165, 1.54) is 4.90 Å². The lowest BCUT2D eigenvalue weighted by molar-refractivity contribution is 0.0963. The zero-order valence-corrected chi connectivity index (χ0v) is 13.7. The first-order chi connectivity index (χ1) is 12.1. The molecule has 1 fully saturated rings. The Hall–Kier alpha value is -2.96. The SMILES string of the molecule is CNC(=O)c1ccc2c(c1)C1C(CCN1C(=O)O)C(c1ccco1)N2. The largest absolute Gasteiger partial charge is 0.467 e. The van der Waals surface area contributed by atoms with Crippen LogP contribution in [0.25, 0.3) is 0 Å². The van der Waals surface area contributed by atoms with Crippen molar-refractivity contribution in [2.75, 3.05) is 18.9 Å². The molecule has 0 spiro atoms. The number of amides is 2. The van der Waals surface area contributed by atoms with Crippen molar-refractivity contribution in [3.8, 4) is 0 Å². The van der Waals surface area contributed by atoms with Gasteiger partial charge >= 0.3 is 6.09 Å². The number of benzene rings is 1. The summed E-state index contributed by atoms with van der Waals surface area (Å²) in [6.07, 6.45) is 1.42. The molecule has 1 saturated heterocycles. The number of carbonyl (C=O) groups excluding carboxylic acids is 1. The van der Waals surface area contributed by atoms with Crippen molar-refractivity contribution in [2.24, 2.45) is 5.92 Å². The molecule has 1 aromatic carbocycles. The topological polar surface area (TPSA) is 94.8 Å². The summed E-state index contributed by atoms with van der Waals surface area (Å²) in [5.41, 5.74) is 2.20. The zero-order chi connectivity index (χ0) is 17.6. The number of rotatable bonds is 2. The van der Waals surface area contributed by atoms with Crippen LogP contribution in [0.1, 0.15) is 40.2 Å². The Bertz CT molecular complexity index is 818. The number of hydrogen-bond donors (Lipinski definition) is 3. The van der Waals surface area contributed by atoms with E-state index in [9.17, 15) is 14.7 Å². The fraction of sp³-hybridized carbons (Fsp3) is 0.333. The highest BCUT2D eigenvalue weighted by Crippen LogP contribution is 2.51. The fourth-order valence-electron chi connectivity index (χ4n) is 4.03. The van der Waals surface area contributed by atoms with Crippen LogP contribution in [0.15, 0.2) is 41.0 Å². The van der Waals surface area contributed by atoms with E-state index in [0.29, 0.717) is 12.1 Å². The molecule has 7 heteroatoms. The Kier molecular flexibility index (Phi) is 3.63. The van der Waals surface area contributed by atoms with Gasteiger partial charge in [-0.2, -0.15) is 0 Å². The van der Waals surface area contributed by atoms with E-state index in [0.717, 1.165) is 23.4 Å². The molecule has 3 unspecified atom stereocenters. The first kappa shape index (κ1) is 15.6. The van der Waals surface area contributed by atoms with Gasteiger partial charge in [0.2, 0.25) is 0 Å². The number of hydrogen-bond acceptors (Lipinski definition) is 4. The lowest BCUT2D eigenvalue weighted by atomic mass is 9.81. The van der Waals surface area contributed by atoms with Gasteiger partial charge in [-0.1, -0.05) is 0 Å². The summed E-state index contributed by atoms with van der Waals surface area (Å²) < 4.78 is 5.58. The van der Waals surface area contributed by atoms with Crippen molar-refractivity contribution in [1.29, 1.82) is 0 Å². The highest BCUT2D eigenvalue weighted by atomic mass is 16.4. The third-order valence-corrected chi connectivity index (χ3v) is 5.14. The Balaban J connectivity index is 1.82. The van der Waals surface area contributed by atoms with Crippen LogP contribution >= 0.6 is 0 Å². The number of furan rings is 1. The molecule has 0 bridgehead atoms. The second kappa shape index (κ2) is 5.84. The highest BCUT2D eigenvalue weighted by molar-refractivity contribution is 5.94. The summed E-state index contributed by atoms with van der Waals surface area (Å²) in [4.78, 5) is 25.2. The molecule has 1 aromatic heterocycles. The molecule has 2 aliphatic heterocycles. The lowest BCUT2D eigenvalue weighted by Crippen LogP contribution is -2.37. The molecule has 7 nitrogen and oxygen atoms in total. The van der Waals surface area contributed by atoms with Crippen LogP contribution < -0.4 is 10.6 Å². The van der Waals surface area contributed by atoms with Crippen LogP contribution in [0, 0.1) is 5.92 Å². The number of likely N-dealkylation sites (tertiary alicyclic amines) is 1. The Morgan fingerprint density at radius 3 is 2.88 bits per heavy atom. The van der Waals surface area contributed by atoms with Crippen LogP contribution in [-0.2, 0) is 0 Å². The zero-order valence-electron chi connectivity index (χ0n) is 13.7. The van der Waals surface area contributed by atoms with Crippen molar-refractivity contribution in [2.45, 2.75) is 18.5 Å². The van der Waals surface area contributed by atoms with Crippen molar-refractivity contribution in [1.82, 2.24) is 10.2 Å². The van der Waals surface area contributed by atoms with E-state index in [1.54, 1.807) is 25.4 Å². The third kappa shape index (κ3) is 2.43. The minimum absolute atomic E-state index is 0.0506. The van der Waals surface area contributed by atoms with E-state index in [2.05, 4.69) is 10.6 Å². The predicted octanol–water partition coefficient (Wildman–Crippen LogP) is 2.85. The van der Waals surface area contributed by atoms with E-state index in [1.807, 2.05) is 18.2 Å². The second-order valence-electron chi connectivity index (χ2n) is 6.39. The summed E-state index contributed by atoms with van der Waals surface area (Å²) in [7, 11) is 1.58. The van der Waals surface area contributed by atoms with E-state index < -0.39 is 6.09 Å². The molecule has 25 heavy (non-hydrogen) atoms. The maximum absolute atomic E-state index is 12.0. The molecule has 3 N–H and O–H groups in total. The number of carbonyl (C=O) groups is 2. The molecule has 0 radical (unpaired) electrons. The summed E-state index contributed by atoms with van der Waals surface area (Å²) in [5, 5.41) is 15.7. The molecule has 130 valence electrons. The van der Waals surface area contributed by atoms with Crippen molar-refractivity contribution in [3.05, 3.63) is 53.5 Å². The van der Waals surface area contributed by atoms with Gasteiger partial charge in [-0.25, -0.2) is 4.79 Å². The van der Waals surface area contributed by atoms with Gasteiger partial charge in [0.15, 0.2) is 0 Å². The average molecular weight is 341 g/mol. The maximum atomic E-state index is 12.0. The number of anilines is 1. The molecule has 2 amide bonds. The van der Waals surface area contributed by atoms with Gasteiger partial charge in [-0.15, -0.1) is 0 Å². The number of nitrogens with zero attached hydrogens (tertiary/aromatic N) is 1. The third-order valence-electron chi connectivity index (χ3n) is 5.14. The summed E-state index contributed by atoms with van der Waals surface area (Å²) in [5.74, 6) is 0.658. The minimum Gasteiger partial charge on any atom is -0.467 e. The molecule has 0 saturated carbocycles. The van der Waals surface area contributed by atoms with Gasteiger partial charge < -0.3 is 25.1 Å². The molecule has 3 heterocycles. The Morgan fingerprint density at radius 2 is 2.20 bits per heavy atom. The molecule has 4 rings (SSSR count). The molecular formula is C18H19N3O4. The second-order valence-corrected chi connectivity index (χ2v) is 6.39. The molecule has 3 atom stereocenters. The van der Waals surface area contributed by atoms with Crippen LogP contribution in [0.4, 0.5) is 10.5 Å². The standard InChI is InChI=1S/C18H19N3O4/c1-19-17(22)10-4-5-13-12(9-10)16-11(6-7-21(16)18(23)24)15(20-13)14-3-2-8-25-14/h2-5,8-9,11,15-16,20H,6-7H2,1H3,(H,19,22)(H,23,24). The molecule has 2 aliphatic rings. The maximum Gasteiger partial charge on any atom is 0.407 e. The van der Waals surface area contributed by atoms with Crippen LogP contribution in [-0.4, -0.2) is 35.6 Å². The van der Waals surface area contributed by atoms with Gasteiger partial charge in [-0.3, -0.25) is 4.79 Å². The first-order valence-electron chi connectivity index (χ1n) is 8.25. The van der Waals surface area contributed by atoms with E-state index in [4.69, 9.17) is 4.42 Å².